The maximum atomic E-state index is 7.28. The zero-order valence-electron chi connectivity index (χ0n) is 35.4. The van der Waals surface area contributed by atoms with Gasteiger partial charge >= 0.3 is 0 Å². The number of fused-ring (bicyclic) bond motifs is 2. The van der Waals surface area contributed by atoms with E-state index < -0.39 is 13.7 Å². The molecule has 0 aliphatic rings. The first-order chi connectivity index (χ1) is 27.2. The Hall–Kier alpha value is -4.74. The van der Waals surface area contributed by atoms with E-state index >= 15 is 0 Å². The number of hydrogen-bond donors (Lipinski definition) is 0. The zero-order valence-corrected chi connectivity index (χ0v) is 32.7. The van der Waals surface area contributed by atoms with E-state index in [-0.39, 0.29) is 31.2 Å². The smallest absolute Gasteiger partial charge is 0.0774 e. The summed E-state index contributed by atoms with van der Waals surface area (Å²) in [6.07, 6.45) is 3.96. The second kappa shape index (κ2) is 16.3. The molecule has 263 valence electrons. The summed E-state index contributed by atoms with van der Waals surface area (Å²) in [5.41, 5.74) is 11.0. The average Bonchev–Trinajstić information content (AvgIpc) is 3.79. The summed E-state index contributed by atoms with van der Waals surface area (Å²) in [6, 6.07) is 38.5. The van der Waals surface area contributed by atoms with Gasteiger partial charge in [-0.25, -0.2) is 0 Å². The quantitative estimate of drug-likeness (QED) is 0.150. The molecule has 1 radical (unpaired) electrons. The molecule has 0 amide bonds. The van der Waals surface area contributed by atoms with Crippen LogP contribution in [0.5, 0.6) is 0 Å². The molecule has 8 aromatic rings. The number of aromatic nitrogens is 4. The van der Waals surface area contributed by atoms with E-state index in [4.69, 9.17) is 13.2 Å². The molecule has 0 unspecified atom stereocenters. The van der Waals surface area contributed by atoms with Crippen LogP contribution in [0.4, 0.5) is 0 Å². The van der Waals surface area contributed by atoms with Crippen molar-refractivity contribution in [2.75, 3.05) is 0 Å². The Balaban J connectivity index is 0.000000230. The molecule has 0 spiro atoms. The van der Waals surface area contributed by atoms with Gasteiger partial charge in [0.25, 0.3) is 0 Å². The van der Waals surface area contributed by atoms with Gasteiger partial charge in [-0.1, -0.05) is 116 Å². The van der Waals surface area contributed by atoms with Gasteiger partial charge in [0.05, 0.1) is 16.9 Å². The predicted octanol–water partition coefficient (Wildman–Crippen LogP) is 12.1. The van der Waals surface area contributed by atoms with Crippen molar-refractivity contribution in [3.05, 3.63) is 167 Å². The fourth-order valence-corrected chi connectivity index (χ4v) is 7.16. The Morgan fingerprint density at radius 2 is 1.56 bits per heavy atom. The second-order valence-electron chi connectivity index (χ2n) is 13.2. The third-order valence-electron chi connectivity index (χ3n) is 8.89. The van der Waals surface area contributed by atoms with Crippen LogP contribution in [0.25, 0.3) is 49.5 Å². The van der Waals surface area contributed by atoms with Gasteiger partial charge in [0, 0.05) is 58.5 Å². The van der Waals surface area contributed by atoms with Gasteiger partial charge < -0.3 is 9.55 Å². The van der Waals surface area contributed by atoms with Gasteiger partial charge in [-0.3, -0.25) is 21.3 Å². The summed E-state index contributed by atoms with van der Waals surface area (Å²) in [6.45, 7) is 4.76. The van der Waals surface area contributed by atoms with Crippen LogP contribution in [0.2, 0.25) is 0 Å². The average molecular weight is 881 g/mol. The van der Waals surface area contributed by atoms with Crippen LogP contribution in [-0.2, 0) is 26.5 Å². The Morgan fingerprint density at radius 1 is 0.788 bits per heavy atom. The fourth-order valence-electron chi connectivity index (χ4n) is 6.34. The minimum atomic E-state index is -2.18. The van der Waals surface area contributed by atoms with E-state index in [0.717, 1.165) is 34.5 Å². The molecule has 0 aliphatic heterocycles. The van der Waals surface area contributed by atoms with Crippen LogP contribution in [0.3, 0.4) is 0 Å². The summed E-state index contributed by atoms with van der Waals surface area (Å²) in [7, 11) is 0. The zero-order chi connectivity index (χ0) is 40.5. The molecule has 4 aromatic heterocycles. The van der Waals surface area contributed by atoms with E-state index in [1.54, 1.807) is 23.5 Å². The number of aryl methyl sites for hydroxylation is 2. The number of pyridine rings is 2. The van der Waals surface area contributed by atoms with E-state index in [1.807, 2.05) is 18.3 Å². The first-order valence-corrected chi connectivity index (χ1v) is 17.9. The Kier molecular flexibility index (Phi) is 9.34. The summed E-state index contributed by atoms with van der Waals surface area (Å²) in [5, 5.41) is 4.83. The number of imidazole rings is 1. The molecule has 0 saturated heterocycles. The molecular formula is C46H42IrN4S-2. The van der Waals surface area contributed by atoms with Crippen LogP contribution in [0.15, 0.2) is 122 Å². The summed E-state index contributed by atoms with van der Waals surface area (Å²) < 4.78 is 47.3. The number of rotatable bonds is 7. The maximum Gasteiger partial charge on any atom is 0.0774 e. The number of nitrogens with zero attached hydrogens (tertiary/aromatic N) is 4. The minimum absolute atomic E-state index is 0. The van der Waals surface area contributed by atoms with Gasteiger partial charge in [0.15, 0.2) is 0 Å². The summed E-state index contributed by atoms with van der Waals surface area (Å²) in [5.74, 6) is 1.73. The standard InChI is InChI=1S/C33H30N3S.C13H12N.Ir/c1-21(2)25-11-9-12-26(22(3)4)32(25)36-30-14-6-5-13-29(30)35-33(36)28-20-37-31-16-15-23(19-27(28)31)18-24-10-7-8-17-34-24;1-10-3-6-12(7-4-10)13-8-5-11(2)9-14-13;/h5-17,19,21-22H,18H2,1-4H3;3-6,8-9H,1-2H3;/q2*-1;/i;1D3,2D3;. The van der Waals surface area contributed by atoms with Crippen LogP contribution >= 0.6 is 11.3 Å². The van der Waals surface area contributed by atoms with Gasteiger partial charge in [-0.2, -0.15) is 0 Å². The number of para-hydroxylation sites is 3. The van der Waals surface area contributed by atoms with Crippen LogP contribution in [0.1, 0.15) is 81.3 Å². The van der Waals surface area contributed by atoms with Gasteiger partial charge in [0.1, 0.15) is 0 Å². The predicted molar refractivity (Wildman–Crippen MR) is 214 cm³/mol. The first kappa shape index (κ1) is 29.8. The van der Waals surface area contributed by atoms with Crippen molar-refractivity contribution >= 4 is 32.5 Å². The van der Waals surface area contributed by atoms with Gasteiger partial charge in [-0.05, 0) is 65.3 Å². The Labute approximate surface area is 333 Å². The van der Waals surface area contributed by atoms with E-state index in [1.165, 1.54) is 56.9 Å². The molecule has 8 rings (SSSR count). The Bertz CT molecular complexity index is 2550. The number of hydrogen-bond acceptors (Lipinski definition) is 4. The SMILES string of the molecule is CC(C)c1cccc(C(C)C)c1-n1c(-c2[c-]sc3ccc(Cc4ccccn4)cc23)nc2ccccc21.[2H]C([2H])([2H])c1c[c-]c(-c2ccc(C([2H])([2H])[2H])cn2)cc1.[Ir]. The van der Waals surface area contributed by atoms with Gasteiger partial charge in [0.2, 0.25) is 0 Å². The molecule has 6 heteroatoms. The largest absolute Gasteiger partial charge is 0.333 e. The van der Waals surface area contributed by atoms with Crippen molar-refractivity contribution < 1.29 is 28.3 Å². The third-order valence-corrected chi connectivity index (χ3v) is 9.77. The van der Waals surface area contributed by atoms with Crippen molar-refractivity contribution in [3.8, 4) is 28.3 Å². The van der Waals surface area contributed by atoms with Crippen molar-refractivity contribution in [1.29, 1.82) is 0 Å². The van der Waals surface area contributed by atoms with Crippen molar-refractivity contribution in [3.63, 3.8) is 0 Å². The van der Waals surface area contributed by atoms with E-state index in [9.17, 15) is 0 Å². The normalized spacial score (nSPS) is 13.3. The molecular weight excluding hydrogens is 833 g/mol. The van der Waals surface area contributed by atoms with E-state index in [0.29, 0.717) is 23.1 Å². The molecule has 0 atom stereocenters. The molecule has 0 fully saturated rings. The maximum absolute atomic E-state index is 7.28. The monoisotopic (exact) mass is 881 g/mol. The molecule has 4 nitrogen and oxygen atoms in total. The molecule has 0 bridgehead atoms. The summed E-state index contributed by atoms with van der Waals surface area (Å²) >= 11 is 1.66. The fraction of sp³-hybridized carbons (Fsp3) is 0.196. The van der Waals surface area contributed by atoms with Crippen LogP contribution < -0.4 is 0 Å². The Morgan fingerprint density at radius 3 is 2.23 bits per heavy atom. The van der Waals surface area contributed by atoms with Gasteiger partial charge in [-0.15, -0.1) is 46.8 Å². The number of benzene rings is 4. The third kappa shape index (κ3) is 7.85. The summed E-state index contributed by atoms with van der Waals surface area (Å²) in [4.78, 5) is 13.8. The van der Waals surface area contributed by atoms with Crippen molar-refractivity contribution in [1.82, 2.24) is 19.5 Å². The van der Waals surface area contributed by atoms with Crippen molar-refractivity contribution in [2.45, 2.75) is 59.7 Å². The molecule has 4 aromatic carbocycles. The molecule has 4 heterocycles. The first-order valence-electron chi connectivity index (χ1n) is 20.1. The molecule has 0 aliphatic carbocycles. The van der Waals surface area contributed by atoms with Crippen LogP contribution in [0, 0.1) is 25.2 Å². The van der Waals surface area contributed by atoms with Crippen LogP contribution in [-0.4, -0.2) is 19.5 Å². The van der Waals surface area contributed by atoms with E-state index in [2.05, 4.69) is 120 Å². The minimum Gasteiger partial charge on any atom is -0.333 e. The molecule has 52 heavy (non-hydrogen) atoms. The molecule has 0 saturated carbocycles. The van der Waals surface area contributed by atoms with Crippen molar-refractivity contribution in [2.24, 2.45) is 0 Å². The number of thiophene rings is 1. The topological polar surface area (TPSA) is 43.6 Å². The second-order valence-corrected chi connectivity index (χ2v) is 14.0. The molecule has 0 N–H and O–H groups in total.